The molecule has 7 heteroatoms. The summed E-state index contributed by atoms with van der Waals surface area (Å²) in [5.74, 6) is 0.505. The highest BCUT2D eigenvalue weighted by Crippen LogP contribution is 2.32. The summed E-state index contributed by atoms with van der Waals surface area (Å²) in [6.45, 7) is 0. The summed E-state index contributed by atoms with van der Waals surface area (Å²) in [5, 5.41) is 12.5. The van der Waals surface area contributed by atoms with Crippen LogP contribution in [0.4, 0.5) is 0 Å². The monoisotopic (exact) mass is 297 g/mol. The molecule has 0 aliphatic rings. The zero-order valence-electron chi connectivity index (χ0n) is 9.55. The summed E-state index contributed by atoms with van der Waals surface area (Å²) < 4.78 is 5.59. The second kappa shape index (κ2) is 5.77. The van der Waals surface area contributed by atoms with Gasteiger partial charge in [-0.1, -0.05) is 28.4 Å². The van der Waals surface area contributed by atoms with Crippen molar-refractivity contribution in [2.24, 2.45) is 10.9 Å². The van der Waals surface area contributed by atoms with Gasteiger partial charge in [-0.3, -0.25) is 0 Å². The normalized spacial score (nSPS) is 11.4. The van der Waals surface area contributed by atoms with Crippen molar-refractivity contribution in [1.82, 2.24) is 4.98 Å². The number of amidine groups is 1. The molecule has 0 saturated heterocycles. The largest absolute Gasteiger partial charge is 0.453 e. The first-order valence-electron chi connectivity index (χ1n) is 5.17. The van der Waals surface area contributed by atoms with Gasteiger partial charge in [0.05, 0.1) is 5.02 Å². The van der Waals surface area contributed by atoms with Crippen LogP contribution >= 0.6 is 23.2 Å². The Hall–Kier alpha value is -1.98. The van der Waals surface area contributed by atoms with Crippen molar-refractivity contribution < 1.29 is 9.94 Å². The van der Waals surface area contributed by atoms with E-state index in [4.69, 9.17) is 38.9 Å². The average molecular weight is 298 g/mol. The summed E-state index contributed by atoms with van der Waals surface area (Å²) >= 11 is 11.9. The molecular weight excluding hydrogens is 289 g/mol. The van der Waals surface area contributed by atoms with E-state index < -0.39 is 0 Å². The third-order valence-corrected chi connectivity index (χ3v) is 2.78. The zero-order chi connectivity index (χ0) is 13.8. The van der Waals surface area contributed by atoms with E-state index >= 15 is 0 Å². The second-order valence-corrected chi connectivity index (χ2v) is 4.36. The van der Waals surface area contributed by atoms with Crippen molar-refractivity contribution in [1.29, 1.82) is 0 Å². The molecule has 0 aliphatic heterocycles. The van der Waals surface area contributed by atoms with E-state index in [1.54, 1.807) is 30.3 Å². The van der Waals surface area contributed by atoms with Gasteiger partial charge in [0.1, 0.15) is 5.75 Å². The zero-order valence-corrected chi connectivity index (χ0v) is 11.1. The Morgan fingerprint density at radius 2 is 2.05 bits per heavy atom. The predicted octanol–water partition coefficient (Wildman–Crippen LogP) is 3.28. The number of rotatable bonds is 3. The van der Waals surface area contributed by atoms with E-state index in [1.165, 1.54) is 6.20 Å². The van der Waals surface area contributed by atoms with Crippen LogP contribution < -0.4 is 10.5 Å². The highest BCUT2D eigenvalue weighted by atomic mass is 35.5. The van der Waals surface area contributed by atoms with Crippen LogP contribution in [-0.4, -0.2) is 16.0 Å². The molecule has 0 aliphatic carbocycles. The number of benzene rings is 1. The number of hydrogen-bond acceptors (Lipinski definition) is 4. The molecule has 0 atom stereocenters. The third-order valence-electron chi connectivity index (χ3n) is 2.23. The Labute approximate surface area is 119 Å². The van der Waals surface area contributed by atoms with Gasteiger partial charge >= 0.3 is 0 Å². The second-order valence-electron chi connectivity index (χ2n) is 3.51. The number of nitrogens with two attached hydrogens (primary N) is 1. The number of aromatic nitrogens is 1. The van der Waals surface area contributed by atoms with Crippen LogP contribution in [0, 0.1) is 0 Å². The topological polar surface area (TPSA) is 80.7 Å². The lowest BCUT2D eigenvalue weighted by Crippen LogP contribution is -2.15. The Morgan fingerprint density at radius 1 is 1.26 bits per heavy atom. The number of oxime groups is 1. The van der Waals surface area contributed by atoms with E-state index in [2.05, 4.69) is 10.1 Å². The van der Waals surface area contributed by atoms with Crippen LogP contribution in [0.5, 0.6) is 11.5 Å². The van der Waals surface area contributed by atoms with E-state index in [0.717, 1.165) is 0 Å². The van der Waals surface area contributed by atoms with Crippen LogP contribution in [0.3, 0.4) is 0 Å². The lowest BCUT2D eigenvalue weighted by atomic mass is 10.3. The van der Waals surface area contributed by atoms with Gasteiger partial charge in [0.25, 0.3) is 0 Å². The van der Waals surface area contributed by atoms with Crippen molar-refractivity contribution in [2.75, 3.05) is 0 Å². The smallest absolute Gasteiger partial charge is 0.192 e. The fourth-order valence-corrected chi connectivity index (χ4v) is 1.70. The lowest BCUT2D eigenvalue weighted by Gasteiger charge is -2.10. The fraction of sp³-hybridized carbons (Fsp3) is 0. The van der Waals surface area contributed by atoms with E-state index in [1.807, 2.05) is 0 Å². The molecule has 0 spiro atoms. The van der Waals surface area contributed by atoms with E-state index in [9.17, 15) is 0 Å². The molecule has 0 bridgehead atoms. The molecule has 0 unspecified atom stereocenters. The van der Waals surface area contributed by atoms with E-state index in [0.29, 0.717) is 21.5 Å². The maximum atomic E-state index is 8.70. The number of nitrogens with zero attached hydrogens (tertiary/aromatic N) is 2. The fourth-order valence-electron chi connectivity index (χ4n) is 1.39. The van der Waals surface area contributed by atoms with Gasteiger partial charge in [-0.2, -0.15) is 0 Å². The summed E-state index contributed by atoms with van der Waals surface area (Å²) in [5.41, 5.74) is 5.72. The van der Waals surface area contributed by atoms with Crippen LogP contribution in [0.1, 0.15) is 5.69 Å². The standard InChI is InChI=1S/C12H9Cl2N3O2/c13-7-3-4-8(14)10(6-7)19-9-2-1-5-16-11(9)12(15)17-18/h1-6,18H,(H2,15,17). The van der Waals surface area contributed by atoms with Gasteiger partial charge in [0.2, 0.25) is 0 Å². The van der Waals surface area contributed by atoms with Crippen molar-refractivity contribution in [3.63, 3.8) is 0 Å². The molecule has 0 saturated carbocycles. The molecule has 0 radical (unpaired) electrons. The van der Waals surface area contributed by atoms with Gasteiger partial charge in [0.15, 0.2) is 17.3 Å². The molecule has 19 heavy (non-hydrogen) atoms. The quantitative estimate of drug-likeness (QED) is 0.394. The Balaban J connectivity index is 2.41. The SMILES string of the molecule is N/C(=N/O)c1ncccc1Oc1cc(Cl)ccc1Cl. The Bertz CT molecular complexity index is 632. The highest BCUT2D eigenvalue weighted by molar-refractivity contribution is 6.34. The van der Waals surface area contributed by atoms with Crippen LogP contribution in [-0.2, 0) is 0 Å². The molecule has 2 aromatic rings. The minimum absolute atomic E-state index is 0.159. The molecule has 1 aromatic heterocycles. The minimum Gasteiger partial charge on any atom is -0.453 e. The molecular formula is C12H9Cl2N3O2. The Kier molecular flexibility index (Phi) is 4.09. The van der Waals surface area contributed by atoms with Gasteiger partial charge in [-0.05, 0) is 24.3 Å². The van der Waals surface area contributed by atoms with Crippen molar-refractivity contribution >= 4 is 29.0 Å². The Morgan fingerprint density at radius 3 is 2.79 bits per heavy atom. The first-order chi connectivity index (χ1) is 9.11. The maximum absolute atomic E-state index is 8.70. The highest BCUT2D eigenvalue weighted by Gasteiger charge is 2.12. The van der Waals surface area contributed by atoms with Crippen molar-refractivity contribution in [2.45, 2.75) is 0 Å². The molecule has 0 amide bonds. The number of halogens is 2. The summed E-state index contributed by atoms with van der Waals surface area (Å²) in [6.07, 6.45) is 1.50. The number of pyridine rings is 1. The van der Waals surface area contributed by atoms with Gasteiger partial charge in [-0.25, -0.2) is 4.98 Å². The average Bonchev–Trinajstić information content (AvgIpc) is 2.42. The first-order valence-corrected chi connectivity index (χ1v) is 5.93. The molecule has 0 fully saturated rings. The molecule has 1 aromatic carbocycles. The maximum Gasteiger partial charge on any atom is 0.192 e. The van der Waals surface area contributed by atoms with Crippen LogP contribution in [0.25, 0.3) is 0 Å². The van der Waals surface area contributed by atoms with Gasteiger partial charge in [0, 0.05) is 17.3 Å². The molecule has 5 nitrogen and oxygen atoms in total. The molecule has 98 valence electrons. The summed E-state index contributed by atoms with van der Waals surface area (Å²) in [4.78, 5) is 3.98. The minimum atomic E-state index is -0.159. The van der Waals surface area contributed by atoms with Crippen LogP contribution in [0.15, 0.2) is 41.7 Å². The predicted molar refractivity (Wildman–Crippen MR) is 73.3 cm³/mol. The first kappa shape index (κ1) is 13.5. The molecule has 3 N–H and O–H groups in total. The van der Waals surface area contributed by atoms with Gasteiger partial charge in [-0.15, -0.1) is 0 Å². The number of ether oxygens (including phenoxy) is 1. The van der Waals surface area contributed by atoms with Gasteiger partial charge < -0.3 is 15.7 Å². The summed E-state index contributed by atoms with van der Waals surface area (Å²) in [7, 11) is 0. The van der Waals surface area contributed by atoms with E-state index in [-0.39, 0.29) is 11.5 Å². The van der Waals surface area contributed by atoms with Crippen LogP contribution in [0.2, 0.25) is 10.0 Å². The van der Waals surface area contributed by atoms with Crippen molar-refractivity contribution in [3.05, 3.63) is 52.3 Å². The molecule has 2 rings (SSSR count). The summed E-state index contributed by atoms with van der Waals surface area (Å²) in [6, 6.07) is 8.09. The molecule has 1 heterocycles. The van der Waals surface area contributed by atoms with Crippen molar-refractivity contribution in [3.8, 4) is 11.5 Å². The third kappa shape index (κ3) is 3.07. The lowest BCUT2D eigenvalue weighted by molar-refractivity contribution is 0.318. The number of hydrogen-bond donors (Lipinski definition) is 2.